The number of fused-ring (bicyclic) bond motifs is 1. The molecular formula is C18H22N2O2. The summed E-state index contributed by atoms with van der Waals surface area (Å²) >= 11 is 0. The van der Waals surface area contributed by atoms with Gasteiger partial charge in [0.2, 0.25) is 0 Å². The molecule has 1 saturated heterocycles. The summed E-state index contributed by atoms with van der Waals surface area (Å²) in [6, 6.07) is 15.4. The predicted molar refractivity (Wildman–Crippen MR) is 88.0 cm³/mol. The van der Waals surface area contributed by atoms with Gasteiger partial charge in [0, 0.05) is 25.2 Å². The molecule has 1 aliphatic heterocycles. The summed E-state index contributed by atoms with van der Waals surface area (Å²) in [7, 11) is 0. The molecule has 116 valence electrons. The van der Waals surface area contributed by atoms with E-state index < -0.39 is 5.97 Å². The molecule has 2 N–H and O–H groups in total. The topological polar surface area (TPSA) is 52.6 Å². The van der Waals surface area contributed by atoms with E-state index in [1.807, 2.05) is 4.90 Å². The highest BCUT2D eigenvalue weighted by molar-refractivity contribution is 5.86. The van der Waals surface area contributed by atoms with Gasteiger partial charge >= 0.3 is 5.97 Å². The molecule has 2 aromatic carbocycles. The molecule has 0 radical (unpaired) electrons. The van der Waals surface area contributed by atoms with Crippen LogP contribution in [0.25, 0.3) is 10.8 Å². The number of carboxylic acids is 1. The minimum absolute atomic E-state index is 0.140. The molecule has 2 atom stereocenters. The first-order chi connectivity index (χ1) is 10.6. The average molecular weight is 298 g/mol. The van der Waals surface area contributed by atoms with Gasteiger partial charge in [-0.25, -0.2) is 0 Å². The van der Waals surface area contributed by atoms with Gasteiger partial charge < -0.3 is 10.4 Å². The Balaban J connectivity index is 1.69. The Morgan fingerprint density at radius 3 is 2.91 bits per heavy atom. The van der Waals surface area contributed by atoms with Gasteiger partial charge in [-0.05, 0) is 29.7 Å². The van der Waals surface area contributed by atoms with Gasteiger partial charge in [-0.1, -0.05) is 42.5 Å². The van der Waals surface area contributed by atoms with Crippen molar-refractivity contribution in [1.29, 1.82) is 0 Å². The fourth-order valence-corrected chi connectivity index (χ4v) is 3.37. The number of aliphatic carboxylic acids is 1. The fourth-order valence-electron chi connectivity index (χ4n) is 3.37. The lowest BCUT2D eigenvalue weighted by molar-refractivity contribution is -0.138. The van der Waals surface area contributed by atoms with Gasteiger partial charge in [0.25, 0.3) is 0 Å². The van der Waals surface area contributed by atoms with Gasteiger partial charge in [0.15, 0.2) is 0 Å². The molecule has 0 amide bonds. The van der Waals surface area contributed by atoms with E-state index in [0.29, 0.717) is 6.04 Å². The number of hydrogen-bond donors (Lipinski definition) is 2. The number of carbonyl (C=O) groups is 1. The summed E-state index contributed by atoms with van der Waals surface area (Å²) in [5.41, 5.74) is 1.30. The molecule has 1 aliphatic rings. The fraction of sp³-hybridized carbons (Fsp3) is 0.389. The second-order valence-corrected chi connectivity index (χ2v) is 6.07. The van der Waals surface area contributed by atoms with Crippen LogP contribution in [-0.4, -0.2) is 41.7 Å². The van der Waals surface area contributed by atoms with Crippen molar-refractivity contribution in [3.63, 3.8) is 0 Å². The van der Waals surface area contributed by atoms with Crippen LogP contribution in [0.15, 0.2) is 42.5 Å². The highest BCUT2D eigenvalue weighted by Gasteiger charge is 2.25. The van der Waals surface area contributed by atoms with E-state index in [-0.39, 0.29) is 12.6 Å². The summed E-state index contributed by atoms with van der Waals surface area (Å²) in [6.45, 7) is 3.98. The standard InChI is InChI=1S/C18H22N2O2/c1-13(19-15-9-10-20(11-15)12-18(21)22)16-8-4-6-14-5-2-3-7-17(14)16/h2-8,13,15,19H,9-12H2,1H3,(H,21,22)/t13-,15+/m1/s1. The average Bonchev–Trinajstić information content (AvgIpc) is 2.92. The Kier molecular flexibility index (Phi) is 4.41. The van der Waals surface area contributed by atoms with E-state index in [9.17, 15) is 4.79 Å². The van der Waals surface area contributed by atoms with E-state index in [0.717, 1.165) is 19.5 Å². The zero-order valence-corrected chi connectivity index (χ0v) is 12.8. The maximum atomic E-state index is 10.8. The number of carboxylic acid groups (broad SMARTS) is 1. The van der Waals surface area contributed by atoms with Crippen LogP contribution in [0.1, 0.15) is 24.9 Å². The third-order valence-electron chi connectivity index (χ3n) is 4.41. The zero-order valence-electron chi connectivity index (χ0n) is 12.8. The molecule has 0 saturated carbocycles. The number of rotatable bonds is 5. The largest absolute Gasteiger partial charge is 0.480 e. The van der Waals surface area contributed by atoms with Gasteiger partial charge in [0.05, 0.1) is 6.54 Å². The lowest BCUT2D eigenvalue weighted by atomic mass is 9.99. The summed E-state index contributed by atoms with van der Waals surface area (Å²) in [5.74, 6) is -0.747. The number of benzene rings is 2. The normalized spacial score (nSPS) is 20.3. The van der Waals surface area contributed by atoms with Crippen molar-refractivity contribution in [2.45, 2.75) is 25.4 Å². The minimum Gasteiger partial charge on any atom is -0.480 e. The van der Waals surface area contributed by atoms with Crippen LogP contribution < -0.4 is 5.32 Å². The van der Waals surface area contributed by atoms with Gasteiger partial charge in [-0.15, -0.1) is 0 Å². The summed E-state index contributed by atoms with van der Waals surface area (Å²) in [5, 5.41) is 15.1. The van der Waals surface area contributed by atoms with Crippen molar-refractivity contribution in [2.75, 3.05) is 19.6 Å². The molecule has 0 spiro atoms. The van der Waals surface area contributed by atoms with Crippen molar-refractivity contribution in [3.05, 3.63) is 48.0 Å². The summed E-state index contributed by atoms with van der Waals surface area (Å²) < 4.78 is 0. The molecule has 0 bridgehead atoms. The molecule has 22 heavy (non-hydrogen) atoms. The van der Waals surface area contributed by atoms with Crippen molar-refractivity contribution in [2.24, 2.45) is 0 Å². The molecule has 0 unspecified atom stereocenters. The van der Waals surface area contributed by atoms with E-state index in [2.05, 4.69) is 54.7 Å². The van der Waals surface area contributed by atoms with Gasteiger partial charge in [0.1, 0.15) is 0 Å². The predicted octanol–water partition coefficient (Wildman–Crippen LogP) is 2.65. The van der Waals surface area contributed by atoms with Crippen LogP contribution in [-0.2, 0) is 4.79 Å². The highest BCUT2D eigenvalue weighted by atomic mass is 16.4. The van der Waals surface area contributed by atoms with Crippen LogP contribution in [0.4, 0.5) is 0 Å². The molecule has 0 aromatic heterocycles. The van der Waals surface area contributed by atoms with Crippen LogP contribution in [0, 0.1) is 0 Å². The molecule has 4 nitrogen and oxygen atoms in total. The Morgan fingerprint density at radius 2 is 2.09 bits per heavy atom. The molecule has 1 heterocycles. The van der Waals surface area contributed by atoms with Crippen LogP contribution in [0.2, 0.25) is 0 Å². The smallest absolute Gasteiger partial charge is 0.317 e. The Hall–Kier alpha value is -1.91. The van der Waals surface area contributed by atoms with E-state index in [1.165, 1.54) is 16.3 Å². The summed E-state index contributed by atoms with van der Waals surface area (Å²) in [4.78, 5) is 12.8. The van der Waals surface area contributed by atoms with Crippen LogP contribution in [0.3, 0.4) is 0 Å². The van der Waals surface area contributed by atoms with Gasteiger partial charge in [-0.3, -0.25) is 9.69 Å². The summed E-state index contributed by atoms with van der Waals surface area (Å²) in [6.07, 6.45) is 1.00. The van der Waals surface area contributed by atoms with Crippen molar-refractivity contribution < 1.29 is 9.90 Å². The lowest BCUT2D eigenvalue weighted by Gasteiger charge is -2.21. The van der Waals surface area contributed by atoms with Crippen LogP contribution >= 0.6 is 0 Å². The zero-order chi connectivity index (χ0) is 15.5. The lowest BCUT2D eigenvalue weighted by Crippen LogP contribution is -2.35. The van der Waals surface area contributed by atoms with Crippen LogP contribution in [0.5, 0.6) is 0 Å². The SMILES string of the molecule is C[C@@H](N[C@H]1CCN(CC(=O)O)C1)c1cccc2ccccc12. The van der Waals surface area contributed by atoms with E-state index in [4.69, 9.17) is 5.11 Å². The quantitative estimate of drug-likeness (QED) is 0.891. The molecule has 4 heteroatoms. The second-order valence-electron chi connectivity index (χ2n) is 6.07. The number of likely N-dealkylation sites (tertiary alicyclic amines) is 1. The maximum Gasteiger partial charge on any atom is 0.317 e. The van der Waals surface area contributed by atoms with E-state index in [1.54, 1.807) is 0 Å². The first-order valence-corrected chi connectivity index (χ1v) is 7.81. The maximum absolute atomic E-state index is 10.8. The Labute approximate surface area is 130 Å². The van der Waals surface area contributed by atoms with Crippen molar-refractivity contribution >= 4 is 16.7 Å². The molecule has 2 aromatic rings. The van der Waals surface area contributed by atoms with Crippen molar-refractivity contribution in [3.8, 4) is 0 Å². The van der Waals surface area contributed by atoms with E-state index >= 15 is 0 Å². The highest BCUT2D eigenvalue weighted by Crippen LogP contribution is 2.25. The third kappa shape index (κ3) is 3.29. The first-order valence-electron chi connectivity index (χ1n) is 7.81. The first kappa shape index (κ1) is 15.0. The second kappa shape index (κ2) is 6.46. The number of nitrogens with one attached hydrogen (secondary N) is 1. The minimum atomic E-state index is -0.747. The number of hydrogen-bond acceptors (Lipinski definition) is 3. The number of nitrogens with zero attached hydrogens (tertiary/aromatic N) is 1. The molecule has 3 rings (SSSR count). The molecule has 1 fully saturated rings. The third-order valence-corrected chi connectivity index (χ3v) is 4.41. The molecule has 0 aliphatic carbocycles. The Morgan fingerprint density at radius 1 is 1.32 bits per heavy atom. The monoisotopic (exact) mass is 298 g/mol. The molecular weight excluding hydrogens is 276 g/mol. The Bertz CT molecular complexity index is 666. The van der Waals surface area contributed by atoms with Crippen molar-refractivity contribution in [1.82, 2.24) is 10.2 Å². The van der Waals surface area contributed by atoms with Gasteiger partial charge in [-0.2, -0.15) is 0 Å².